The zero-order valence-corrected chi connectivity index (χ0v) is 10.2. The van der Waals surface area contributed by atoms with Crippen LogP contribution in [0.2, 0.25) is 0 Å². The summed E-state index contributed by atoms with van der Waals surface area (Å²) in [6.45, 7) is 7.10. The number of para-hydroxylation sites is 1. The number of nitrogens with two attached hydrogens (primary N) is 1. The van der Waals surface area contributed by atoms with Gasteiger partial charge in [-0.1, -0.05) is 32.9 Å². The average molecular weight is 220 g/mol. The topological polar surface area (TPSA) is 55.1 Å². The first kappa shape index (κ1) is 12.6. The van der Waals surface area contributed by atoms with Crippen LogP contribution in [0.4, 0.5) is 5.69 Å². The van der Waals surface area contributed by atoms with Crippen molar-refractivity contribution < 1.29 is 4.79 Å². The standard InChI is InChI=1S/C13H20N2O/c1-9(2)10(3)8-15-13(16)11-6-4-5-7-12(11)14/h4-7,9-10H,8,14H2,1-3H3,(H,15,16). The molecule has 0 saturated heterocycles. The van der Waals surface area contributed by atoms with E-state index < -0.39 is 0 Å². The number of benzene rings is 1. The van der Waals surface area contributed by atoms with Gasteiger partial charge in [0.1, 0.15) is 0 Å². The minimum Gasteiger partial charge on any atom is -0.398 e. The molecule has 88 valence electrons. The van der Waals surface area contributed by atoms with E-state index in [0.717, 1.165) is 0 Å². The molecule has 0 aliphatic heterocycles. The SMILES string of the molecule is CC(C)C(C)CNC(=O)c1ccccc1N. The van der Waals surface area contributed by atoms with Crippen LogP contribution in [-0.4, -0.2) is 12.5 Å². The molecule has 0 bridgehead atoms. The highest BCUT2D eigenvalue weighted by atomic mass is 16.1. The quantitative estimate of drug-likeness (QED) is 0.765. The Labute approximate surface area is 97.0 Å². The minimum absolute atomic E-state index is 0.0920. The Kier molecular flexibility index (Phi) is 4.35. The highest BCUT2D eigenvalue weighted by Gasteiger charge is 2.11. The molecule has 1 aromatic carbocycles. The molecule has 1 aromatic rings. The van der Waals surface area contributed by atoms with E-state index in [1.54, 1.807) is 12.1 Å². The Morgan fingerprint density at radius 1 is 1.31 bits per heavy atom. The number of hydrogen-bond donors (Lipinski definition) is 2. The fourth-order valence-corrected chi connectivity index (χ4v) is 1.29. The lowest BCUT2D eigenvalue weighted by atomic mass is 9.98. The predicted molar refractivity (Wildman–Crippen MR) is 67.2 cm³/mol. The third-order valence-electron chi connectivity index (χ3n) is 2.93. The molecule has 0 heterocycles. The van der Waals surface area contributed by atoms with Crippen LogP contribution in [0.3, 0.4) is 0 Å². The number of anilines is 1. The molecule has 1 amide bonds. The van der Waals surface area contributed by atoms with Gasteiger partial charge in [0.25, 0.3) is 5.91 Å². The van der Waals surface area contributed by atoms with Gasteiger partial charge in [-0.05, 0) is 24.0 Å². The molecule has 0 fully saturated rings. The van der Waals surface area contributed by atoms with Crippen LogP contribution in [-0.2, 0) is 0 Å². The Hall–Kier alpha value is -1.51. The van der Waals surface area contributed by atoms with E-state index in [1.807, 2.05) is 12.1 Å². The van der Waals surface area contributed by atoms with Gasteiger partial charge in [-0.2, -0.15) is 0 Å². The minimum atomic E-state index is -0.0920. The van der Waals surface area contributed by atoms with Crippen molar-refractivity contribution in [3.63, 3.8) is 0 Å². The van der Waals surface area contributed by atoms with Gasteiger partial charge in [-0.25, -0.2) is 0 Å². The number of rotatable bonds is 4. The summed E-state index contributed by atoms with van der Waals surface area (Å²) in [5.41, 5.74) is 6.81. The number of nitrogens with one attached hydrogen (secondary N) is 1. The maximum absolute atomic E-state index is 11.8. The summed E-state index contributed by atoms with van der Waals surface area (Å²) in [5, 5.41) is 2.90. The molecule has 1 rings (SSSR count). The lowest BCUT2D eigenvalue weighted by Crippen LogP contribution is -2.30. The zero-order chi connectivity index (χ0) is 12.1. The summed E-state index contributed by atoms with van der Waals surface area (Å²) in [6.07, 6.45) is 0. The van der Waals surface area contributed by atoms with Crippen LogP contribution in [0.15, 0.2) is 24.3 Å². The highest BCUT2D eigenvalue weighted by molar-refractivity contribution is 5.99. The summed E-state index contributed by atoms with van der Waals surface area (Å²) in [7, 11) is 0. The maximum atomic E-state index is 11.8. The van der Waals surface area contributed by atoms with E-state index in [1.165, 1.54) is 0 Å². The second-order valence-corrected chi connectivity index (χ2v) is 4.52. The molecular weight excluding hydrogens is 200 g/mol. The third kappa shape index (κ3) is 3.26. The highest BCUT2D eigenvalue weighted by Crippen LogP contribution is 2.11. The van der Waals surface area contributed by atoms with Gasteiger partial charge in [0.2, 0.25) is 0 Å². The summed E-state index contributed by atoms with van der Waals surface area (Å²) >= 11 is 0. The van der Waals surface area contributed by atoms with Crippen LogP contribution in [0.25, 0.3) is 0 Å². The van der Waals surface area contributed by atoms with Crippen molar-refractivity contribution in [1.29, 1.82) is 0 Å². The summed E-state index contributed by atoms with van der Waals surface area (Å²) in [4.78, 5) is 11.8. The van der Waals surface area contributed by atoms with Crippen LogP contribution < -0.4 is 11.1 Å². The fourth-order valence-electron chi connectivity index (χ4n) is 1.29. The third-order valence-corrected chi connectivity index (χ3v) is 2.93. The Balaban J connectivity index is 2.57. The second kappa shape index (κ2) is 5.54. The number of carbonyl (C=O) groups excluding carboxylic acids is 1. The largest absolute Gasteiger partial charge is 0.398 e. The number of hydrogen-bond acceptors (Lipinski definition) is 2. The molecule has 0 spiro atoms. The first-order valence-corrected chi connectivity index (χ1v) is 5.65. The van der Waals surface area contributed by atoms with Crippen molar-refractivity contribution in [2.75, 3.05) is 12.3 Å². The molecule has 3 N–H and O–H groups in total. The predicted octanol–water partition coefficient (Wildman–Crippen LogP) is 2.29. The molecule has 1 atom stereocenters. The monoisotopic (exact) mass is 220 g/mol. The summed E-state index contributed by atoms with van der Waals surface area (Å²) in [5.74, 6) is 0.938. The van der Waals surface area contributed by atoms with E-state index in [9.17, 15) is 4.79 Å². The van der Waals surface area contributed by atoms with Crippen molar-refractivity contribution in [2.45, 2.75) is 20.8 Å². The first-order valence-electron chi connectivity index (χ1n) is 5.65. The van der Waals surface area contributed by atoms with Gasteiger partial charge >= 0.3 is 0 Å². The molecular formula is C13H20N2O. The summed E-state index contributed by atoms with van der Waals surface area (Å²) in [6, 6.07) is 7.12. The van der Waals surface area contributed by atoms with E-state index in [0.29, 0.717) is 29.6 Å². The fraction of sp³-hybridized carbons (Fsp3) is 0.462. The van der Waals surface area contributed by atoms with E-state index >= 15 is 0 Å². The maximum Gasteiger partial charge on any atom is 0.253 e. The van der Waals surface area contributed by atoms with Gasteiger partial charge < -0.3 is 11.1 Å². The van der Waals surface area contributed by atoms with Crippen LogP contribution in [0.1, 0.15) is 31.1 Å². The van der Waals surface area contributed by atoms with Gasteiger partial charge in [0.05, 0.1) is 5.56 Å². The Morgan fingerprint density at radius 3 is 2.50 bits per heavy atom. The molecule has 0 aromatic heterocycles. The van der Waals surface area contributed by atoms with Crippen molar-refractivity contribution in [3.05, 3.63) is 29.8 Å². The number of nitrogen functional groups attached to an aromatic ring is 1. The Bertz CT molecular complexity index is 361. The van der Waals surface area contributed by atoms with Gasteiger partial charge in [-0.3, -0.25) is 4.79 Å². The first-order chi connectivity index (χ1) is 7.52. The zero-order valence-electron chi connectivity index (χ0n) is 10.2. The molecule has 1 unspecified atom stereocenters. The molecule has 16 heavy (non-hydrogen) atoms. The second-order valence-electron chi connectivity index (χ2n) is 4.52. The molecule has 3 nitrogen and oxygen atoms in total. The van der Waals surface area contributed by atoms with Crippen molar-refractivity contribution in [2.24, 2.45) is 11.8 Å². The van der Waals surface area contributed by atoms with Crippen molar-refractivity contribution in [1.82, 2.24) is 5.32 Å². The van der Waals surface area contributed by atoms with E-state index in [-0.39, 0.29) is 5.91 Å². The van der Waals surface area contributed by atoms with E-state index in [2.05, 4.69) is 26.1 Å². The van der Waals surface area contributed by atoms with Crippen LogP contribution >= 0.6 is 0 Å². The smallest absolute Gasteiger partial charge is 0.253 e. The molecule has 0 aliphatic carbocycles. The van der Waals surface area contributed by atoms with Crippen LogP contribution in [0, 0.1) is 11.8 Å². The molecule has 0 radical (unpaired) electrons. The van der Waals surface area contributed by atoms with Gasteiger partial charge in [-0.15, -0.1) is 0 Å². The normalized spacial score (nSPS) is 12.5. The molecule has 0 saturated carbocycles. The molecule has 3 heteroatoms. The lowest BCUT2D eigenvalue weighted by molar-refractivity contribution is 0.0946. The van der Waals surface area contributed by atoms with Gasteiger partial charge in [0.15, 0.2) is 0 Å². The Morgan fingerprint density at radius 2 is 1.94 bits per heavy atom. The summed E-state index contributed by atoms with van der Waals surface area (Å²) < 4.78 is 0. The van der Waals surface area contributed by atoms with E-state index in [4.69, 9.17) is 5.73 Å². The molecule has 0 aliphatic rings. The van der Waals surface area contributed by atoms with Crippen molar-refractivity contribution in [3.8, 4) is 0 Å². The van der Waals surface area contributed by atoms with Crippen molar-refractivity contribution >= 4 is 11.6 Å². The van der Waals surface area contributed by atoms with Crippen LogP contribution in [0.5, 0.6) is 0 Å². The number of amides is 1. The average Bonchev–Trinajstić information content (AvgIpc) is 2.25. The lowest BCUT2D eigenvalue weighted by Gasteiger charge is -2.16. The number of carbonyl (C=O) groups is 1. The van der Waals surface area contributed by atoms with Gasteiger partial charge in [0, 0.05) is 12.2 Å².